The monoisotopic (exact) mass is 152 g/mol. The SMILES string of the molecule is [C-]#[N+][C@@H]1CCCC[C@H]1N(C)C. The van der Waals surface area contributed by atoms with Crippen molar-refractivity contribution in [2.75, 3.05) is 14.1 Å². The van der Waals surface area contributed by atoms with Gasteiger partial charge >= 0.3 is 0 Å². The Kier molecular flexibility index (Phi) is 2.90. The maximum atomic E-state index is 7.02. The molecule has 0 amide bonds. The number of rotatable bonds is 1. The van der Waals surface area contributed by atoms with E-state index in [9.17, 15) is 0 Å². The first-order valence-corrected chi connectivity index (χ1v) is 4.28. The molecule has 1 rings (SSSR count). The van der Waals surface area contributed by atoms with E-state index in [1.54, 1.807) is 0 Å². The summed E-state index contributed by atoms with van der Waals surface area (Å²) in [6, 6.07) is 0.778. The van der Waals surface area contributed by atoms with Gasteiger partial charge in [-0.05, 0) is 26.9 Å². The summed E-state index contributed by atoms with van der Waals surface area (Å²) in [7, 11) is 4.16. The Labute approximate surface area is 69.0 Å². The summed E-state index contributed by atoms with van der Waals surface area (Å²) in [5.74, 6) is 0. The number of hydrogen-bond acceptors (Lipinski definition) is 1. The number of hydrogen-bond donors (Lipinski definition) is 0. The fraction of sp³-hybridized carbons (Fsp3) is 0.889. The minimum atomic E-state index is 0.263. The van der Waals surface area contributed by atoms with E-state index >= 15 is 0 Å². The van der Waals surface area contributed by atoms with Gasteiger partial charge in [-0.25, -0.2) is 6.57 Å². The van der Waals surface area contributed by atoms with E-state index in [-0.39, 0.29) is 6.04 Å². The topological polar surface area (TPSA) is 7.60 Å². The van der Waals surface area contributed by atoms with E-state index in [2.05, 4.69) is 23.8 Å². The largest absolute Gasteiger partial charge is 0.312 e. The number of likely N-dealkylation sites (N-methyl/N-ethyl adjacent to an activating group) is 1. The summed E-state index contributed by atoms with van der Waals surface area (Å²) in [5, 5.41) is 0. The molecule has 1 saturated carbocycles. The van der Waals surface area contributed by atoms with Crippen molar-refractivity contribution in [2.45, 2.75) is 37.8 Å². The van der Waals surface area contributed by atoms with Crippen LogP contribution in [0.2, 0.25) is 0 Å². The molecular formula is C9H16N2. The Morgan fingerprint density at radius 3 is 2.36 bits per heavy atom. The van der Waals surface area contributed by atoms with Gasteiger partial charge in [-0.3, -0.25) is 4.90 Å². The van der Waals surface area contributed by atoms with Crippen LogP contribution in [0.15, 0.2) is 0 Å². The molecule has 2 atom stereocenters. The van der Waals surface area contributed by atoms with Gasteiger partial charge in [-0.2, -0.15) is 0 Å². The third-order valence-corrected chi connectivity index (χ3v) is 2.52. The normalized spacial score (nSPS) is 31.8. The quantitative estimate of drug-likeness (QED) is 0.520. The second-order valence-electron chi connectivity index (χ2n) is 3.51. The standard InChI is InChI=1S/C9H16N2/c1-10-8-6-4-5-7-9(8)11(2)3/h8-9H,4-7H2,2-3H3/t8-,9-/m1/s1. The molecule has 0 unspecified atom stereocenters. The summed E-state index contributed by atoms with van der Waals surface area (Å²) >= 11 is 0. The van der Waals surface area contributed by atoms with Gasteiger partial charge in [-0.1, -0.05) is 6.42 Å². The third kappa shape index (κ3) is 1.94. The molecule has 0 aromatic rings. The van der Waals surface area contributed by atoms with Crippen molar-refractivity contribution in [1.29, 1.82) is 0 Å². The first-order valence-electron chi connectivity index (χ1n) is 4.28. The van der Waals surface area contributed by atoms with Crippen LogP contribution in [0.25, 0.3) is 4.85 Å². The molecule has 0 saturated heterocycles. The van der Waals surface area contributed by atoms with Gasteiger partial charge in [0.15, 0.2) is 0 Å². The highest BCUT2D eigenvalue weighted by molar-refractivity contribution is 4.93. The average molecular weight is 152 g/mol. The minimum Gasteiger partial charge on any atom is -0.312 e. The van der Waals surface area contributed by atoms with Crippen LogP contribution in [0.5, 0.6) is 0 Å². The van der Waals surface area contributed by atoms with Gasteiger partial charge in [0.25, 0.3) is 0 Å². The molecule has 0 spiro atoms. The van der Waals surface area contributed by atoms with Crippen LogP contribution in [0.1, 0.15) is 25.7 Å². The molecule has 0 N–H and O–H groups in total. The lowest BCUT2D eigenvalue weighted by molar-refractivity contribution is 0.219. The Balaban J connectivity index is 2.53. The molecule has 0 heterocycles. The molecule has 1 aliphatic carbocycles. The van der Waals surface area contributed by atoms with E-state index in [4.69, 9.17) is 6.57 Å². The summed E-state index contributed by atoms with van der Waals surface area (Å²) in [6.07, 6.45) is 4.86. The van der Waals surface area contributed by atoms with Crippen molar-refractivity contribution in [1.82, 2.24) is 4.90 Å². The van der Waals surface area contributed by atoms with E-state index in [1.807, 2.05) is 0 Å². The molecule has 2 heteroatoms. The fourth-order valence-electron chi connectivity index (χ4n) is 1.84. The summed E-state index contributed by atoms with van der Waals surface area (Å²) in [5.41, 5.74) is 0. The molecule has 0 aromatic carbocycles. The average Bonchev–Trinajstić information content (AvgIpc) is 2.04. The highest BCUT2D eigenvalue weighted by Crippen LogP contribution is 2.23. The van der Waals surface area contributed by atoms with Crippen molar-refractivity contribution in [2.24, 2.45) is 0 Å². The van der Waals surface area contributed by atoms with E-state index in [0.29, 0.717) is 6.04 Å². The molecule has 62 valence electrons. The Bertz CT molecular complexity index is 157. The second-order valence-corrected chi connectivity index (χ2v) is 3.51. The molecule has 11 heavy (non-hydrogen) atoms. The van der Waals surface area contributed by atoms with E-state index in [0.717, 1.165) is 6.42 Å². The highest BCUT2D eigenvalue weighted by atomic mass is 15.1. The smallest absolute Gasteiger partial charge is 0.238 e. The minimum absolute atomic E-state index is 0.263. The Morgan fingerprint density at radius 2 is 1.91 bits per heavy atom. The molecule has 1 aliphatic rings. The third-order valence-electron chi connectivity index (χ3n) is 2.52. The van der Waals surface area contributed by atoms with Crippen LogP contribution in [-0.4, -0.2) is 31.1 Å². The van der Waals surface area contributed by atoms with E-state index in [1.165, 1.54) is 19.3 Å². The van der Waals surface area contributed by atoms with Crippen LogP contribution in [0, 0.1) is 6.57 Å². The van der Waals surface area contributed by atoms with Crippen molar-refractivity contribution < 1.29 is 0 Å². The molecule has 1 fully saturated rings. The van der Waals surface area contributed by atoms with Crippen LogP contribution in [-0.2, 0) is 0 Å². The molecule has 0 aliphatic heterocycles. The predicted molar refractivity (Wildman–Crippen MR) is 46.3 cm³/mol. The summed E-state index contributed by atoms with van der Waals surface area (Å²) < 4.78 is 0. The van der Waals surface area contributed by atoms with Crippen LogP contribution >= 0.6 is 0 Å². The lowest BCUT2D eigenvalue weighted by Crippen LogP contribution is -2.39. The van der Waals surface area contributed by atoms with Gasteiger partial charge in [0, 0.05) is 6.42 Å². The first kappa shape index (κ1) is 8.55. The summed E-state index contributed by atoms with van der Waals surface area (Å²) in [4.78, 5) is 5.85. The van der Waals surface area contributed by atoms with Gasteiger partial charge in [0.05, 0.1) is 6.04 Å². The molecule has 0 radical (unpaired) electrons. The van der Waals surface area contributed by atoms with Crippen molar-refractivity contribution in [3.63, 3.8) is 0 Å². The second kappa shape index (κ2) is 3.73. The zero-order valence-corrected chi connectivity index (χ0v) is 7.38. The predicted octanol–water partition coefficient (Wildman–Crippen LogP) is 1.78. The summed E-state index contributed by atoms with van der Waals surface area (Å²) in [6.45, 7) is 7.02. The zero-order chi connectivity index (χ0) is 8.27. The van der Waals surface area contributed by atoms with Crippen molar-refractivity contribution in [3.8, 4) is 0 Å². The van der Waals surface area contributed by atoms with Gasteiger partial charge in [0.1, 0.15) is 0 Å². The van der Waals surface area contributed by atoms with Crippen molar-refractivity contribution in [3.05, 3.63) is 11.4 Å². The van der Waals surface area contributed by atoms with Crippen LogP contribution < -0.4 is 0 Å². The maximum absolute atomic E-state index is 7.02. The Morgan fingerprint density at radius 1 is 1.27 bits per heavy atom. The first-order chi connectivity index (χ1) is 5.25. The van der Waals surface area contributed by atoms with Gasteiger partial charge in [-0.15, -0.1) is 0 Å². The number of nitrogens with zero attached hydrogens (tertiary/aromatic N) is 2. The molecule has 0 bridgehead atoms. The van der Waals surface area contributed by atoms with Gasteiger partial charge < -0.3 is 4.85 Å². The van der Waals surface area contributed by atoms with Crippen LogP contribution in [0.3, 0.4) is 0 Å². The van der Waals surface area contributed by atoms with E-state index < -0.39 is 0 Å². The molecular weight excluding hydrogens is 136 g/mol. The van der Waals surface area contributed by atoms with Gasteiger partial charge in [0.2, 0.25) is 6.04 Å². The lowest BCUT2D eigenvalue weighted by atomic mass is 9.90. The van der Waals surface area contributed by atoms with Crippen molar-refractivity contribution >= 4 is 0 Å². The lowest BCUT2D eigenvalue weighted by Gasteiger charge is -2.28. The highest BCUT2D eigenvalue weighted by Gasteiger charge is 2.30. The zero-order valence-electron chi connectivity index (χ0n) is 7.38. The molecule has 2 nitrogen and oxygen atoms in total. The maximum Gasteiger partial charge on any atom is 0.238 e. The fourth-order valence-corrected chi connectivity index (χ4v) is 1.84. The van der Waals surface area contributed by atoms with Crippen LogP contribution in [0.4, 0.5) is 0 Å². The molecule has 0 aromatic heterocycles. The Hall–Kier alpha value is -0.550.